The first kappa shape index (κ1) is 5.96. The van der Waals surface area contributed by atoms with Crippen LogP contribution in [0.25, 0.3) is 0 Å². The van der Waals surface area contributed by atoms with Gasteiger partial charge in [0.15, 0.2) is 0 Å². The van der Waals surface area contributed by atoms with E-state index in [-0.39, 0.29) is 6.04 Å². The highest BCUT2D eigenvalue weighted by Gasteiger charge is 1.85. The molecule has 2 N–H and O–H groups in total. The largest absolute Gasteiger partial charge is 0.328 e. The summed E-state index contributed by atoms with van der Waals surface area (Å²) in [7, 11) is 0. The summed E-state index contributed by atoms with van der Waals surface area (Å²) in [5, 5.41) is 0. The molecule has 0 aliphatic heterocycles. The minimum atomic E-state index is 0.148. The van der Waals surface area contributed by atoms with Crippen molar-refractivity contribution in [1.29, 1.82) is 0 Å². The molecule has 1 atom stereocenters. The molecule has 0 amide bonds. The van der Waals surface area contributed by atoms with Crippen LogP contribution in [0.2, 0.25) is 0 Å². The van der Waals surface area contributed by atoms with Crippen LogP contribution in [0.15, 0.2) is 0 Å². The normalized spacial score (nSPS) is 14.5. The predicted octanol–water partition coefficient (Wildman–Crippen LogP) is 0.948. The molecule has 0 rings (SSSR count). The fourth-order valence-corrected chi connectivity index (χ4v) is 0.371. The summed E-state index contributed by atoms with van der Waals surface area (Å²) in [6.07, 6.45) is 2.19. The van der Waals surface area contributed by atoms with E-state index in [1.807, 2.05) is 0 Å². The highest BCUT2D eigenvalue weighted by atomic mass is 14.6. The highest BCUT2D eigenvalue weighted by molar-refractivity contribution is 4.59. The molecule has 37 valence electrons. The van der Waals surface area contributed by atoms with Gasteiger partial charge in [-0.15, -0.1) is 0 Å². The van der Waals surface area contributed by atoms with Crippen LogP contribution in [0, 0.1) is 6.92 Å². The third kappa shape index (κ3) is 3.96. The molecule has 0 fully saturated rings. The lowest BCUT2D eigenvalue weighted by molar-refractivity contribution is 0.701. The zero-order chi connectivity index (χ0) is 4.99. The van der Waals surface area contributed by atoms with Gasteiger partial charge in [-0.2, -0.15) is 0 Å². The molecule has 0 bridgehead atoms. The Labute approximate surface area is 39.5 Å². The Balaban J connectivity index is 2.63. The molecule has 0 heterocycles. The molecule has 6 heavy (non-hydrogen) atoms. The minimum absolute atomic E-state index is 0.148. The molecule has 1 heteroatoms. The van der Waals surface area contributed by atoms with Crippen LogP contribution in [-0.4, -0.2) is 6.04 Å². The van der Waals surface area contributed by atoms with E-state index in [1.165, 1.54) is 0 Å². The number of hydrogen-bond donors (Lipinski definition) is 1. The fourth-order valence-electron chi connectivity index (χ4n) is 0.371. The van der Waals surface area contributed by atoms with Crippen LogP contribution in [0.1, 0.15) is 19.8 Å². The molecule has 1 nitrogen and oxygen atoms in total. The standard InChI is InChI=1S/C5H12N/c1-3-4-5(2)6/h5H,2-4,6H2,1H3/t5-/m0/s1. The average Bonchev–Trinajstić information content (AvgIpc) is 1.35. The lowest BCUT2D eigenvalue weighted by Gasteiger charge is -1.96. The zero-order valence-corrected chi connectivity index (χ0v) is 4.28. The summed E-state index contributed by atoms with van der Waals surface area (Å²) in [4.78, 5) is 0. The van der Waals surface area contributed by atoms with E-state index in [4.69, 9.17) is 5.73 Å². The van der Waals surface area contributed by atoms with E-state index in [1.54, 1.807) is 0 Å². The molecule has 0 aromatic rings. The maximum absolute atomic E-state index is 5.29. The van der Waals surface area contributed by atoms with Gasteiger partial charge in [0, 0.05) is 6.04 Å². The van der Waals surface area contributed by atoms with E-state index >= 15 is 0 Å². The lowest BCUT2D eigenvalue weighted by Crippen LogP contribution is -2.13. The summed E-state index contributed by atoms with van der Waals surface area (Å²) in [5.74, 6) is 0. The summed E-state index contributed by atoms with van der Waals surface area (Å²) in [6.45, 7) is 5.71. The monoisotopic (exact) mass is 86.1 g/mol. The van der Waals surface area contributed by atoms with E-state index in [0.717, 1.165) is 12.8 Å². The highest BCUT2D eigenvalue weighted by Crippen LogP contribution is 1.87. The summed E-state index contributed by atoms with van der Waals surface area (Å²) >= 11 is 0. The van der Waals surface area contributed by atoms with Crippen LogP contribution in [0.5, 0.6) is 0 Å². The Morgan fingerprint density at radius 1 is 1.83 bits per heavy atom. The minimum Gasteiger partial charge on any atom is -0.328 e. The molecule has 0 saturated carbocycles. The van der Waals surface area contributed by atoms with Gasteiger partial charge in [-0.1, -0.05) is 13.3 Å². The van der Waals surface area contributed by atoms with E-state index in [0.29, 0.717) is 0 Å². The van der Waals surface area contributed by atoms with Crippen molar-refractivity contribution in [2.45, 2.75) is 25.8 Å². The van der Waals surface area contributed by atoms with Crippen molar-refractivity contribution in [3.8, 4) is 0 Å². The van der Waals surface area contributed by atoms with Gasteiger partial charge in [0.05, 0.1) is 0 Å². The quantitative estimate of drug-likeness (QED) is 0.532. The SMILES string of the molecule is [CH2][C@H](N)CCC. The van der Waals surface area contributed by atoms with Crippen molar-refractivity contribution in [2.75, 3.05) is 0 Å². The Morgan fingerprint density at radius 3 is 2.33 bits per heavy atom. The van der Waals surface area contributed by atoms with Crippen LogP contribution in [0.4, 0.5) is 0 Å². The zero-order valence-electron chi connectivity index (χ0n) is 4.28. The molecular weight excluding hydrogens is 74.1 g/mol. The topological polar surface area (TPSA) is 26.0 Å². The molecule has 0 aliphatic carbocycles. The third-order valence-electron chi connectivity index (χ3n) is 0.659. The van der Waals surface area contributed by atoms with Crippen molar-refractivity contribution < 1.29 is 0 Å². The van der Waals surface area contributed by atoms with Gasteiger partial charge >= 0.3 is 0 Å². The van der Waals surface area contributed by atoms with Crippen molar-refractivity contribution in [1.82, 2.24) is 0 Å². The van der Waals surface area contributed by atoms with Gasteiger partial charge in [-0.25, -0.2) is 0 Å². The van der Waals surface area contributed by atoms with Crippen LogP contribution < -0.4 is 5.73 Å². The van der Waals surface area contributed by atoms with Gasteiger partial charge in [-0.3, -0.25) is 0 Å². The number of hydrogen-bond acceptors (Lipinski definition) is 1. The first-order valence-electron chi connectivity index (χ1n) is 2.36. The first-order valence-corrected chi connectivity index (χ1v) is 2.36. The fraction of sp³-hybridized carbons (Fsp3) is 0.800. The molecule has 0 unspecified atom stereocenters. The number of nitrogens with two attached hydrogens (primary N) is 1. The maximum Gasteiger partial charge on any atom is 0.00393 e. The van der Waals surface area contributed by atoms with Crippen molar-refractivity contribution in [3.05, 3.63) is 6.92 Å². The summed E-state index contributed by atoms with van der Waals surface area (Å²) < 4.78 is 0. The smallest absolute Gasteiger partial charge is 0.00393 e. The second-order valence-electron chi connectivity index (χ2n) is 1.55. The maximum atomic E-state index is 5.29. The number of rotatable bonds is 2. The van der Waals surface area contributed by atoms with Gasteiger partial charge in [-0.05, 0) is 13.3 Å². The van der Waals surface area contributed by atoms with Gasteiger partial charge < -0.3 is 5.73 Å². The molecule has 0 aromatic heterocycles. The van der Waals surface area contributed by atoms with Gasteiger partial charge in [0.2, 0.25) is 0 Å². The van der Waals surface area contributed by atoms with E-state index in [2.05, 4.69) is 13.8 Å². The molecular formula is C5H12N. The van der Waals surface area contributed by atoms with Crippen LogP contribution in [0.3, 0.4) is 0 Å². The molecule has 0 spiro atoms. The van der Waals surface area contributed by atoms with Crippen molar-refractivity contribution in [2.24, 2.45) is 5.73 Å². The third-order valence-corrected chi connectivity index (χ3v) is 0.659. The second-order valence-corrected chi connectivity index (χ2v) is 1.55. The van der Waals surface area contributed by atoms with Crippen LogP contribution >= 0.6 is 0 Å². The Bertz CT molecular complexity index is 25.1. The van der Waals surface area contributed by atoms with Gasteiger partial charge in [0.1, 0.15) is 0 Å². The predicted molar refractivity (Wildman–Crippen MR) is 28.2 cm³/mol. The lowest BCUT2D eigenvalue weighted by atomic mass is 10.2. The Hall–Kier alpha value is -0.0400. The molecule has 1 radical (unpaired) electrons. The molecule has 0 aromatic carbocycles. The van der Waals surface area contributed by atoms with Crippen LogP contribution in [-0.2, 0) is 0 Å². The Kier molecular flexibility index (Phi) is 3.14. The molecule has 0 saturated heterocycles. The molecule has 0 aliphatic rings. The van der Waals surface area contributed by atoms with E-state index < -0.39 is 0 Å². The summed E-state index contributed by atoms with van der Waals surface area (Å²) in [5.41, 5.74) is 5.29. The first-order chi connectivity index (χ1) is 2.77. The second kappa shape index (κ2) is 3.16. The summed E-state index contributed by atoms with van der Waals surface area (Å²) in [6, 6.07) is 0.148. The van der Waals surface area contributed by atoms with Gasteiger partial charge in [0.25, 0.3) is 0 Å². The van der Waals surface area contributed by atoms with E-state index in [9.17, 15) is 0 Å². The van der Waals surface area contributed by atoms with Crippen molar-refractivity contribution in [3.63, 3.8) is 0 Å². The van der Waals surface area contributed by atoms with Crippen molar-refractivity contribution >= 4 is 0 Å². The average molecular weight is 86.2 g/mol. The Morgan fingerprint density at radius 2 is 2.33 bits per heavy atom.